The fourth-order valence-corrected chi connectivity index (χ4v) is 3.25. The molecule has 0 fully saturated rings. The summed E-state index contributed by atoms with van der Waals surface area (Å²) in [6.45, 7) is 1.94. The topological polar surface area (TPSA) is 67.9 Å². The van der Waals surface area contributed by atoms with Gasteiger partial charge >= 0.3 is 5.97 Å². The molecule has 0 amide bonds. The van der Waals surface area contributed by atoms with Gasteiger partial charge in [0, 0.05) is 11.8 Å². The summed E-state index contributed by atoms with van der Waals surface area (Å²) in [6.07, 6.45) is 1.67. The predicted molar refractivity (Wildman–Crippen MR) is 85.6 cm³/mol. The molecule has 0 spiro atoms. The Hall–Kier alpha value is -2.41. The molecule has 0 saturated carbocycles. The molecule has 0 aliphatic heterocycles. The van der Waals surface area contributed by atoms with Crippen molar-refractivity contribution in [3.63, 3.8) is 0 Å². The van der Waals surface area contributed by atoms with Crippen molar-refractivity contribution in [3.05, 3.63) is 53.5 Å². The summed E-state index contributed by atoms with van der Waals surface area (Å²) in [5.41, 5.74) is 2.61. The van der Waals surface area contributed by atoms with E-state index in [1.807, 2.05) is 13.0 Å². The second-order valence-corrected chi connectivity index (χ2v) is 6.00. The molecule has 0 radical (unpaired) electrons. The van der Waals surface area contributed by atoms with Crippen molar-refractivity contribution in [2.75, 3.05) is 7.11 Å². The number of rotatable bonds is 4. The number of ether oxygens (including phenoxy) is 1. The van der Waals surface area contributed by atoms with Crippen LogP contribution in [0.15, 0.2) is 41.7 Å². The first-order valence-corrected chi connectivity index (χ1v) is 7.78. The Labute approximate surface area is 136 Å². The van der Waals surface area contributed by atoms with Crippen molar-refractivity contribution in [2.45, 2.75) is 17.3 Å². The summed E-state index contributed by atoms with van der Waals surface area (Å²) >= 11 is 1.10. The van der Waals surface area contributed by atoms with Crippen molar-refractivity contribution < 1.29 is 13.9 Å². The number of thioether (sulfide) groups is 1. The molecule has 0 aliphatic rings. The van der Waals surface area contributed by atoms with E-state index in [1.165, 1.54) is 13.2 Å². The second-order valence-electron chi connectivity index (χ2n) is 4.91. The van der Waals surface area contributed by atoms with Gasteiger partial charge in [0.15, 0.2) is 10.8 Å². The summed E-state index contributed by atoms with van der Waals surface area (Å²) < 4.78 is 18.9. The average Bonchev–Trinajstić information content (AvgIpc) is 2.97. The Balaban J connectivity index is 1.99. The van der Waals surface area contributed by atoms with Gasteiger partial charge in [-0.05, 0) is 24.6 Å². The molecule has 2 aromatic heterocycles. The molecule has 7 heteroatoms. The van der Waals surface area contributed by atoms with Crippen LogP contribution in [0.3, 0.4) is 0 Å². The molecule has 0 saturated heterocycles. The lowest BCUT2D eigenvalue weighted by molar-refractivity contribution is -0.140. The first kappa shape index (κ1) is 15.5. The van der Waals surface area contributed by atoms with E-state index in [0.29, 0.717) is 10.8 Å². The number of pyridine rings is 1. The average molecular weight is 331 g/mol. The summed E-state index contributed by atoms with van der Waals surface area (Å²) in [5, 5.41) is -0.359. The van der Waals surface area contributed by atoms with Crippen LogP contribution >= 0.6 is 11.8 Å². The second kappa shape index (κ2) is 6.37. The molecule has 1 N–H and O–H groups in total. The smallest absolute Gasteiger partial charge is 0.323 e. The Kier molecular flexibility index (Phi) is 4.29. The van der Waals surface area contributed by atoms with E-state index >= 15 is 0 Å². The molecule has 1 unspecified atom stereocenters. The third-order valence-corrected chi connectivity index (χ3v) is 4.51. The van der Waals surface area contributed by atoms with Crippen molar-refractivity contribution in [1.29, 1.82) is 0 Å². The van der Waals surface area contributed by atoms with Crippen molar-refractivity contribution >= 4 is 28.9 Å². The van der Waals surface area contributed by atoms with Gasteiger partial charge in [-0.1, -0.05) is 30.0 Å². The van der Waals surface area contributed by atoms with Gasteiger partial charge in [0.05, 0.1) is 12.6 Å². The zero-order valence-corrected chi connectivity index (χ0v) is 13.4. The number of hydrogen-bond donors (Lipinski definition) is 1. The Bertz CT molecular complexity index is 865. The lowest BCUT2D eigenvalue weighted by Crippen LogP contribution is -2.12. The molecule has 5 nitrogen and oxygen atoms in total. The van der Waals surface area contributed by atoms with Crippen LogP contribution in [-0.4, -0.2) is 28.0 Å². The molecule has 118 valence electrons. The van der Waals surface area contributed by atoms with Gasteiger partial charge in [-0.3, -0.25) is 4.79 Å². The standard InChI is InChI=1S/C16H14FN3O2S/c1-9-7-8-18-14-12(9)19-16(20-14)23-13(15(21)22-2)10-5-3-4-6-11(10)17/h3-8,13H,1-2H3,(H,18,19,20). The normalized spacial score (nSPS) is 12.3. The number of nitrogens with one attached hydrogen (secondary N) is 1. The van der Waals surface area contributed by atoms with Crippen LogP contribution in [-0.2, 0) is 9.53 Å². The summed E-state index contributed by atoms with van der Waals surface area (Å²) in [4.78, 5) is 23.7. The minimum atomic E-state index is -0.845. The maximum absolute atomic E-state index is 14.0. The lowest BCUT2D eigenvalue weighted by atomic mass is 10.1. The molecule has 1 atom stereocenters. The van der Waals surface area contributed by atoms with Crippen LogP contribution in [0.2, 0.25) is 0 Å². The van der Waals surface area contributed by atoms with Crippen molar-refractivity contribution in [2.24, 2.45) is 0 Å². The SMILES string of the molecule is COC(=O)C(Sc1nc2nccc(C)c2[nH]1)c1ccccc1F. The lowest BCUT2D eigenvalue weighted by Gasteiger charge is -2.13. The molecule has 1 aromatic carbocycles. The van der Waals surface area contributed by atoms with Crippen LogP contribution in [0.5, 0.6) is 0 Å². The Morgan fingerprint density at radius 1 is 1.35 bits per heavy atom. The number of hydrogen-bond acceptors (Lipinski definition) is 5. The van der Waals surface area contributed by atoms with Gasteiger partial charge in [0.1, 0.15) is 11.1 Å². The quantitative estimate of drug-likeness (QED) is 0.586. The first-order chi connectivity index (χ1) is 11.1. The number of H-pyrrole nitrogens is 1. The highest BCUT2D eigenvalue weighted by atomic mass is 32.2. The van der Waals surface area contributed by atoms with Crippen LogP contribution in [0.4, 0.5) is 4.39 Å². The van der Waals surface area contributed by atoms with Crippen LogP contribution in [0.25, 0.3) is 11.2 Å². The fourth-order valence-electron chi connectivity index (χ4n) is 2.22. The minimum Gasteiger partial charge on any atom is -0.468 e. The number of aromatic amines is 1. The number of carbonyl (C=O) groups is 1. The zero-order chi connectivity index (χ0) is 16.4. The van der Waals surface area contributed by atoms with E-state index in [1.54, 1.807) is 24.4 Å². The Morgan fingerprint density at radius 2 is 2.13 bits per heavy atom. The zero-order valence-electron chi connectivity index (χ0n) is 12.5. The molecule has 3 aromatic rings. The molecular formula is C16H14FN3O2S. The summed E-state index contributed by atoms with van der Waals surface area (Å²) in [6, 6.07) is 8.00. The van der Waals surface area contributed by atoms with Gasteiger partial charge in [-0.2, -0.15) is 0 Å². The number of methoxy groups -OCH3 is 1. The number of benzene rings is 1. The maximum Gasteiger partial charge on any atom is 0.323 e. The highest BCUT2D eigenvalue weighted by Crippen LogP contribution is 2.36. The largest absolute Gasteiger partial charge is 0.468 e. The van der Waals surface area contributed by atoms with Gasteiger partial charge in [-0.15, -0.1) is 0 Å². The molecule has 23 heavy (non-hydrogen) atoms. The van der Waals surface area contributed by atoms with Gasteiger partial charge in [0.2, 0.25) is 0 Å². The van der Waals surface area contributed by atoms with Crippen molar-refractivity contribution in [3.8, 4) is 0 Å². The number of fused-ring (bicyclic) bond motifs is 1. The van der Waals surface area contributed by atoms with Crippen LogP contribution < -0.4 is 0 Å². The Morgan fingerprint density at radius 3 is 2.83 bits per heavy atom. The van der Waals surface area contributed by atoms with Gasteiger partial charge in [0.25, 0.3) is 0 Å². The first-order valence-electron chi connectivity index (χ1n) is 6.90. The number of halogens is 1. The molecular weight excluding hydrogens is 317 g/mol. The monoisotopic (exact) mass is 331 g/mol. The third kappa shape index (κ3) is 3.05. The molecule has 0 bridgehead atoms. The van der Waals surface area contributed by atoms with E-state index in [-0.39, 0.29) is 5.56 Å². The number of carbonyl (C=O) groups excluding carboxylic acids is 1. The van der Waals surface area contributed by atoms with Crippen LogP contribution in [0.1, 0.15) is 16.4 Å². The van der Waals surface area contributed by atoms with E-state index < -0.39 is 17.0 Å². The van der Waals surface area contributed by atoms with Crippen LogP contribution in [0, 0.1) is 12.7 Å². The number of esters is 1. The minimum absolute atomic E-state index is 0.259. The van der Waals surface area contributed by atoms with Crippen molar-refractivity contribution in [1.82, 2.24) is 15.0 Å². The maximum atomic E-state index is 14.0. The molecule has 0 aliphatic carbocycles. The summed E-state index contributed by atoms with van der Waals surface area (Å²) in [5.74, 6) is -0.994. The number of aryl methyl sites for hydroxylation is 1. The van der Waals surface area contributed by atoms with E-state index in [4.69, 9.17) is 4.74 Å². The van der Waals surface area contributed by atoms with Gasteiger partial charge < -0.3 is 9.72 Å². The van der Waals surface area contributed by atoms with E-state index in [2.05, 4.69) is 15.0 Å². The number of aromatic nitrogens is 3. The predicted octanol–water partition coefficient (Wildman–Crippen LogP) is 3.41. The number of nitrogens with zero attached hydrogens (tertiary/aromatic N) is 2. The number of imidazole rings is 1. The van der Waals surface area contributed by atoms with Gasteiger partial charge in [-0.25, -0.2) is 14.4 Å². The molecule has 3 rings (SSSR count). The highest BCUT2D eigenvalue weighted by molar-refractivity contribution is 8.00. The summed E-state index contributed by atoms with van der Waals surface area (Å²) in [7, 11) is 1.28. The highest BCUT2D eigenvalue weighted by Gasteiger charge is 2.27. The third-order valence-electron chi connectivity index (χ3n) is 3.41. The molecule has 2 heterocycles. The van der Waals surface area contributed by atoms with E-state index in [9.17, 15) is 9.18 Å². The fraction of sp³-hybridized carbons (Fsp3) is 0.188. The van der Waals surface area contributed by atoms with E-state index in [0.717, 1.165) is 22.8 Å².